The summed E-state index contributed by atoms with van der Waals surface area (Å²) >= 11 is 0. The molecular weight excluding hydrogens is 542 g/mol. The van der Waals surface area contributed by atoms with Crippen molar-refractivity contribution in [1.29, 1.82) is 0 Å². The quantitative estimate of drug-likeness (QED) is 0.264. The summed E-state index contributed by atoms with van der Waals surface area (Å²) in [4.78, 5) is 24.2. The maximum absolute atomic E-state index is 11.4. The number of aliphatic imine (C=N–C) groups is 1. The SMILES string of the molecule is COc1cccc(C2(Cn3ccnc3)OCC(COc3cccc(N4CCN(C5N=CC=CN5[N+](=O)[O-])CC4)c3)O2)c1. The van der Waals surface area contributed by atoms with Gasteiger partial charge in [-0.1, -0.05) is 23.2 Å². The highest BCUT2D eigenvalue weighted by atomic mass is 16.8. The molecular formula is C29H33N7O6. The predicted molar refractivity (Wildman–Crippen MR) is 154 cm³/mol. The first-order valence-electron chi connectivity index (χ1n) is 13.8. The van der Waals surface area contributed by atoms with Gasteiger partial charge in [-0.3, -0.25) is 4.90 Å². The van der Waals surface area contributed by atoms with E-state index in [1.54, 1.807) is 31.9 Å². The molecule has 2 aromatic carbocycles. The fourth-order valence-electron chi connectivity index (χ4n) is 5.42. The Morgan fingerprint density at radius 2 is 1.95 bits per heavy atom. The minimum Gasteiger partial charge on any atom is -0.497 e. The van der Waals surface area contributed by atoms with Crippen molar-refractivity contribution >= 4 is 11.9 Å². The van der Waals surface area contributed by atoms with E-state index >= 15 is 0 Å². The zero-order chi connectivity index (χ0) is 28.9. The van der Waals surface area contributed by atoms with E-state index in [0.29, 0.717) is 45.9 Å². The van der Waals surface area contributed by atoms with Gasteiger partial charge in [0.25, 0.3) is 0 Å². The van der Waals surface area contributed by atoms with Crippen LogP contribution in [0.15, 0.2) is 84.5 Å². The molecule has 0 radical (unpaired) electrons. The van der Waals surface area contributed by atoms with Crippen molar-refractivity contribution in [3.05, 3.63) is 95.2 Å². The molecule has 0 aliphatic carbocycles. The molecule has 2 fully saturated rings. The summed E-state index contributed by atoms with van der Waals surface area (Å²) in [6.07, 6.45) is 9.04. The van der Waals surface area contributed by atoms with Crippen molar-refractivity contribution in [2.75, 3.05) is 51.4 Å². The number of hydrogen-bond acceptors (Lipinski definition) is 10. The molecule has 0 amide bonds. The molecule has 13 heteroatoms. The Morgan fingerprint density at radius 3 is 2.74 bits per heavy atom. The number of nitro groups is 1. The standard InChI is InChI=1S/C29H33N7O6/c1-39-25-7-2-5-23(17-25)29(21-32-12-10-30-22-32)41-20-27(42-29)19-40-26-8-3-6-24(18-26)33-13-15-34(16-14-33)28-31-9-4-11-35(28)36(37)38/h2-12,17-18,22,27-28H,13-16,19-21H2,1H3. The molecule has 3 aliphatic rings. The van der Waals surface area contributed by atoms with Crippen molar-refractivity contribution in [2.24, 2.45) is 4.99 Å². The van der Waals surface area contributed by atoms with Gasteiger partial charge in [-0.2, -0.15) is 0 Å². The number of ether oxygens (including phenoxy) is 4. The van der Waals surface area contributed by atoms with Crippen molar-refractivity contribution in [3.8, 4) is 11.5 Å². The van der Waals surface area contributed by atoms with Crippen LogP contribution in [0.3, 0.4) is 0 Å². The number of aromatic nitrogens is 2. The molecule has 0 saturated carbocycles. The number of benzene rings is 2. The Bertz CT molecular complexity index is 1430. The zero-order valence-corrected chi connectivity index (χ0v) is 23.3. The van der Waals surface area contributed by atoms with E-state index in [4.69, 9.17) is 18.9 Å². The van der Waals surface area contributed by atoms with Crippen LogP contribution in [-0.4, -0.2) is 89.6 Å². The summed E-state index contributed by atoms with van der Waals surface area (Å²) in [5.41, 5.74) is 1.88. The van der Waals surface area contributed by atoms with E-state index in [2.05, 4.69) is 14.9 Å². The normalized spacial score (nSPS) is 24.2. The molecule has 0 N–H and O–H groups in total. The van der Waals surface area contributed by atoms with E-state index in [1.807, 2.05) is 64.2 Å². The second-order valence-electron chi connectivity index (χ2n) is 10.2. The number of nitrogens with zero attached hydrogens (tertiary/aromatic N) is 7. The zero-order valence-electron chi connectivity index (χ0n) is 23.3. The number of hydrogen-bond donors (Lipinski definition) is 0. The molecule has 3 unspecified atom stereocenters. The van der Waals surface area contributed by atoms with Crippen LogP contribution < -0.4 is 14.4 Å². The van der Waals surface area contributed by atoms with Gasteiger partial charge in [0.1, 0.15) is 24.2 Å². The third-order valence-corrected chi connectivity index (χ3v) is 7.55. The minimum atomic E-state index is -1.01. The number of anilines is 1. The Kier molecular flexibility index (Phi) is 8.04. The summed E-state index contributed by atoms with van der Waals surface area (Å²) < 4.78 is 26.4. The lowest BCUT2D eigenvalue weighted by atomic mass is 10.1. The fraction of sp³-hybridized carbons (Fsp3) is 0.379. The minimum absolute atomic E-state index is 0.290. The van der Waals surface area contributed by atoms with Crippen LogP contribution in [0.4, 0.5) is 5.69 Å². The number of piperazine rings is 1. The molecule has 3 atom stereocenters. The Hall–Kier alpha value is -4.46. The summed E-state index contributed by atoms with van der Waals surface area (Å²) in [6.45, 7) is 3.82. The topological polar surface area (TPSA) is 120 Å². The summed E-state index contributed by atoms with van der Waals surface area (Å²) in [7, 11) is 1.63. The van der Waals surface area contributed by atoms with Crippen LogP contribution in [-0.2, 0) is 21.8 Å². The third kappa shape index (κ3) is 5.93. The summed E-state index contributed by atoms with van der Waals surface area (Å²) in [5.74, 6) is 0.447. The number of rotatable bonds is 10. The number of allylic oxidation sites excluding steroid dienone is 1. The smallest absolute Gasteiger partial charge is 0.239 e. The predicted octanol–water partition coefficient (Wildman–Crippen LogP) is 2.74. The first-order valence-corrected chi connectivity index (χ1v) is 13.8. The van der Waals surface area contributed by atoms with Crippen LogP contribution in [0, 0.1) is 10.1 Å². The van der Waals surface area contributed by atoms with Gasteiger partial charge in [-0.25, -0.2) is 20.1 Å². The van der Waals surface area contributed by atoms with Gasteiger partial charge in [-0.05, 0) is 30.3 Å². The molecule has 3 aliphatic heterocycles. The second kappa shape index (κ2) is 12.2. The first-order chi connectivity index (χ1) is 20.5. The molecule has 2 saturated heterocycles. The Balaban J connectivity index is 1.07. The fourth-order valence-corrected chi connectivity index (χ4v) is 5.42. The average Bonchev–Trinajstić information content (AvgIpc) is 3.71. The highest BCUT2D eigenvalue weighted by Crippen LogP contribution is 2.38. The van der Waals surface area contributed by atoms with Gasteiger partial charge in [0.05, 0.1) is 32.8 Å². The Morgan fingerprint density at radius 1 is 1.12 bits per heavy atom. The van der Waals surface area contributed by atoms with Crippen molar-refractivity contribution in [2.45, 2.75) is 24.7 Å². The van der Waals surface area contributed by atoms with Gasteiger partial charge in [0.15, 0.2) is 5.03 Å². The van der Waals surface area contributed by atoms with Crippen LogP contribution in [0.25, 0.3) is 0 Å². The molecule has 3 aromatic rings. The molecule has 42 heavy (non-hydrogen) atoms. The lowest BCUT2D eigenvalue weighted by molar-refractivity contribution is -0.654. The largest absolute Gasteiger partial charge is 0.497 e. The van der Waals surface area contributed by atoms with E-state index in [-0.39, 0.29) is 6.10 Å². The maximum Gasteiger partial charge on any atom is 0.239 e. The van der Waals surface area contributed by atoms with E-state index in [1.165, 1.54) is 6.20 Å². The monoisotopic (exact) mass is 575 g/mol. The molecule has 0 bridgehead atoms. The third-order valence-electron chi connectivity index (χ3n) is 7.55. The van der Waals surface area contributed by atoms with Crippen molar-refractivity contribution in [1.82, 2.24) is 19.5 Å². The summed E-state index contributed by atoms with van der Waals surface area (Å²) in [6, 6.07) is 15.6. The molecule has 6 rings (SSSR count). The van der Waals surface area contributed by atoms with Gasteiger partial charge in [-0.15, -0.1) is 0 Å². The van der Waals surface area contributed by atoms with Gasteiger partial charge >= 0.3 is 0 Å². The summed E-state index contributed by atoms with van der Waals surface area (Å²) in [5, 5.41) is 12.0. The number of methoxy groups -OCH3 is 1. The second-order valence-corrected chi connectivity index (χ2v) is 10.2. The Labute approximate surface area is 243 Å². The lowest BCUT2D eigenvalue weighted by Crippen LogP contribution is -2.55. The van der Waals surface area contributed by atoms with E-state index < -0.39 is 17.1 Å². The maximum atomic E-state index is 11.4. The van der Waals surface area contributed by atoms with Gasteiger partial charge in [0.2, 0.25) is 12.1 Å². The molecule has 13 nitrogen and oxygen atoms in total. The first kappa shape index (κ1) is 27.7. The number of hydrazine groups is 1. The van der Waals surface area contributed by atoms with Gasteiger partial charge < -0.3 is 28.4 Å². The van der Waals surface area contributed by atoms with Crippen LogP contribution in [0.1, 0.15) is 5.56 Å². The number of imidazole rings is 1. The molecule has 0 spiro atoms. The van der Waals surface area contributed by atoms with Crippen molar-refractivity contribution in [3.63, 3.8) is 0 Å². The average molecular weight is 576 g/mol. The highest BCUT2D eigenvalue weighted by molar-refractivity contribution is 5.71. The molecule has 4 heterocycles. The van der Waals surface area contributed by atoms with E-state index in [0.717, 1.165) is 27.8 Å². The molecule has 220 valence electrons. The van der Waals surface area contributed by atoms with Gasteiger partial charge in [0, 0.05) is 62.1 Å². The van der Waals surface area contributed by atoms with Crippen molar-refractivity contribution < 1.29 is 24.0 Å². The van der Waals surface area contributed by atoms with E-state index in [9.17, 15) is 10.1 Å². The van der Waals surface area contributed by atoms with Crippen LogP contribution in [0.2, 0.25) is 0 Å². The highest BCUT2D eigenvalue weighted by Gasteiger charge is 2.44. The van der Waals surface area contributed by atoms with Crippen LogP contribution >= 0.6 is 0 Å². The van der Waals surface area contributed by atoms with Crippen LogP contribution in [0.5, 0.6) is 11.5 Å². The lowest BCUT2D eigenvalue weighted by Gasteiger charge is -2.39. The molecule has 1 aromatic heterocycles.